The molecule has 2 atom stereocenters. The second kappa shape index (κ2) is 12.0. The van der Waals surface area contributed by atoms with Gasteiger partial charge in [0.05, 0.1) is 29.1 Å². The summed E-state index contributed by atoms with van der Waals surface area (Å²) in [7, 11) is -4.81. The number of nitrogens with one attached hydrogen (secondary N) is 2. The van der Waals surface area contributed by atoms with Gasteiger partial charge in [-0.15, -0.1) is 0 Å². The summed E-state index contributed by atoms with van der Waals surface area (Å²) in [5.41, 5.74) is -0.463. The summed E-state index contributed by atoms with van der Waals surface area (Å²) in [6.07, 6.45) is 0.819. The number of aliphatic hydroxyl groups excluding tert-OH is 1. The summed E-state index contributed by atoms with van der Waals surface area (Å²) >= 11 is 0. The number of methoxy groups -OCH3 is 1. The molecule has 3 N–H and O–H groups in total. The van der Waals surface area contributed by atoms with Gasteiger partial charge in [-0.1, -0.05) is 6.07 Å². The normalized spacial score (nSPS) is 20.7. The first kappa shape index (κ1) is 29.6. The average molecular weight is 588 g/mol. The van der Waals surface area contributed by atoms with Gasteiger partial charge in [0.15, 0.2) is 11.6 Å². The van der Waals surface area contributed by atoms with E-state index >= 15 is 0 Å². The summed E-state index contributed by atoms with van der Waals surface area (Å²) in [5, 5.41) is 13.6. The fourth-order valence-electron chi connectivity index (χ4n) is 4.82. The van der Waals surface area contributed by atoms with Gasteiger partial charge in [0.1, 0.15) is 18.5 Å². The van der Waals surface area contributed by atoms with E-state index < -0.39 is 37.6 Å². The van der Waals surface area contributed by atoms with Crippen molar-refractivity contribution in [3.8, 4) is 11.5 Å². The molecule has 4 rings (SSSR count). The Hall–Kier alpha value is -2.33. The fraction of sp³-hybridized carbons (Fsp3) is 0.520. The van der Waals surface area contributed by atoms with Crippen molar-refractivity contribution in [2.75, 3.05) is 47.0 Å². The Kier molecular flexibility index (Phi) is 9.15. The van der Waals surface area contributed by atoms with Crippen LogP contribution < -0.4 is 19.5 Å². The highest BCUT2D eigenvalue weighted by atomic mass is 32.2. The molecule has 216 valence electrons. The molecule has 0 saturated carbocycles. The lowest BCUT2D eigenvalue weighted by molar-refractivity contribution is -0.0312. The number of sulfonamides is 2. The number of nitrogens with zero attached hydrogens (tertiary/aromatic N) is 1. The van der Waals surface area contributed by atoms with Crippen molar-refractivity contribution in [1.82, 2.24) is 14.3 Å². The predicted octanol–water partition coefficient (Wildman–Crippen LogP) is 1.08. The maximum atomic E-state index is 14.1. The summed E-state index contributed by atoms with van der Waals surface area (Å²) in [4.78, 5) is -0.0475. The van der Waals surface area contributed by atoms with Crippen LogP contribution in [0.3, 0.4) is 0 Å². The van der Waals surface area contributed by atoms with Gasteiger partial charge in [0, 0.05) is 31.7 Å². The summed E-state index contributed by atoms with van der Waals surface area (Å²) < 4.78 is 84.1. The zero-order valence-electron chi connectivity index (χ0n) is 21.8. The molecule has 1 spiro atoms. The van der Waals surface area contributed by atoms with Crippen molar-refractivity contribution >= 4 is 20.0 Å². The largest absolute Gasteiger partial charge is 0.494 e. The third-order valence-electron chi connectivity index (χ3n) is 7.07. The van der Waals surface area contributed by atoms with Crippen LogP contribution in [-0.2, 0) is 24.8 Å². The van der Waals surface area contributed by atoms with Crippen LogP contribution in [0.1, 0.15) is 19.3 Å². The van der Waals surface area contributed by atoms with Crippen molar-refractivity contribution in [2.45, 2.75) is 46.8 Å². The van der Waals surface area contributed by atoms with Crippen molar-refractivity contribution < 1.29 is 40.5 Å². The zero-order valence-corrected chi connectivity index (χ0v) is 23.4. The minimum atomic E-state index is -3.85. The second-order valence-corrected chi connectivity index (χ2v) is 13.5. The maximum Gasteiger partial charge on any atom is 0.243 e. The molecule has 2 fully saturated rings. The molecule has 0 bridgehead atoms. The first-order valence-corrected chi connectivity index (χ1v) is 15.5. The summed E-state index contributed by atoms with van der Waals surface area (Å²) in [6, 6.07) is 9.59. The third-order valence-corrected chi connectivity index (χ3v) is 10.4. The summed E-state index contributed by atoms with van der Waals surface area (Å²) in [5.74, 6) is -0.425. The smallest absolute Gasteiger partial charge is 0.243 e. The lowest BCUT2D eigenvalue weighted by atomic mass is 9.88. The highest BCUT2D eigenvalue weighted by Gasteiger charge is 2.44. The van der Waals surface area contributed by atoms with Crippen molar-refractivity contribution in [1.29, 1.82) is 0 Å². The maximum absolute atomic E-state index is 14.1. The van der Waals surface area contributed by atoms with Gasteiger partial charge in [-0.2, -0.15) is 4.31 Å². The topological polar surface area (TPSA) is 144 Å². The summed E-state index contributed by atoms with van der Waals surface area (Å²) in [6.45, 7) is 1.13. The van der Waals surface area contributed by atoms with Gasteiger partial charge in [-0.05, 0) is 56.6 Å². The van der Waals surface area contributed by atoms with Crippen molar-refractivity contribution in [2.24, 2.45) is 0 Å². The number of halogens is 1. The first-order valence-electron chi connectivity index (χ1n) is 12.5. The highest BCUT2D eigenvalue weighted by Crippen LogP contribution is 2.37. The van der Waals surface area contributed by atoms with Gasteiger partial charge >= 0.3 is 0 Å². The molecule has 2 aliphatic heterocycles. The van der Waals surface area contributed by atoms with Crippen molar-refractivity contribution in [3.63, 3.8) is 0 Å². The molecule has 2 heterocycles. The van der Waals surface area contributed by atoms with E-state index in [1.54, 1.807) is 12.1 Å². The number of rotatable bonds is 11. The molecule has 0 amide bonds. The quantitative estimate of drug-likeness (QED) is 0.352. The molecule has 0 aromatic heterocycles. The van der Waals surface area contributed by atoms with E-state index in [-0.39, 0.29) is 47.8 Å². The van der Waals surface area contributed by atoms with E-state index in [0.29, 0.717) is 31.6 Å². The molecule has 0 aliphatic carbocycles. The van der Waals surface area contributed by atoms with Gasteiger partial charge < -0.3 is 24.6 Å². The molecule has 0 radical (unpaired) electrons. The molecule has 39 heavy (non-hydrogen) atoms. The molecule has 2 aromatic carbocycles. The average Bonchev–Trinajstić information content (AvgIpc) is 3.33. The molecule has 1 unspecified atom stereocenters. The van der Waals surface area contributed by atoms with E-state index in [1.165, 1.54) is 42.7 Å². The SMILES string of the molecule is CNS(=O)(=O)c1cccc(OC[C@@H](O)CNC2COC3(CCN(S(=O)(=O)c4ccc(OC)c(F)c4)CC3)C2)c1. The number of hydrogen-bond donors (Lipinski definition) is 3. The van der Waals surface area contributed by atoms with Gasteiger partial charge in [-0.3, -0.25) is 0 Å². The zero-order chi connectivity index (χ0) is 28.3. The number of aliphatic hydroxyl groups is 1. The molecule has 11 nitrogen and oxygen atoms in total. The van der Waals surface area contributed by atoms with E-state index in [1.807, 2.05) is 0 Å². The third kappa shape index (κ3) is 6.88. The Bertz CT molecular complexity index is 1370. The molecular weight excluding hydrogens is 553 g/mol. The Morgan fingerprint density at radius 1 is 1.15 bits per heavy atom. The lowest BCUT2D eigenvalue weighted by Crippen LogP contribution is -2.47. The lowest BCUT2D eigenvalue weighted by Gasteiger charge is -2.38. The number of piperidine rings is 1. The molecule has 2 aromatic rings. The van der Waals surface area contributed by atoms with Gasteiger partial charge in [-0.25, -0.2) is 25.9 Å². The van der Waals surface area contributed by atoms with Crippen LogP contribution in [0.4, 0.5) is 4.39 Å². The Labute approximate surface area is 228 Å². The van der Waals surface area contributed by atoms with Crippen LogP contribution in [0.5, 0.6) is 11.5 Å². The number of ether oxygens (including phenoxy) is 3. The van der Waals surface area contributed by atoms with Gasteiger partial charge in [0.25, 0.3) is 0 Å². The molecule has 14 heteroatoms. The van der Waals surface area contributed by atoms with Gasteiger partial charge in [0.2, 0.25) is 20.0 Å². The van der Waals surface area contributed by atoms with E-state index in [0.717, 1.165) is 6.07 Å². The van der Waals surface area contributed by atoms with Crippen LogP contribution in [-0.4, -0.2) is 91.0 Å². The van der Waals surface area contributed by atoms with Crippen molar-refractivity contribution in [3.05, 3.63) is 48.3 Å². The molecule has 2 aliphatic rings. The van der Waals surface area contributed by atoms with Crippen LogP contribution >= 0.6 is 0 Å². The monoisotopic (exact) mass is 587 g/mol. The Balaban J connectivity index is 1.24. The van der Waals surface area contributed by atoms with Crippen LogP contribution in [0.25, 0.3) is 0 Å². The number of benzene rings is 2. The Morgan fingerprint density at radius 3 is 2.56 bits per heavy atom. The van der Waals surface area contributed by atoms with E-state index in [9.17, 15) is 26.3 Å². The minimum Gasteiger partial charge on any atom is -0.494 e. The highest BCUT2D eigenvalue weighted by molar-refractivity contribution is 7.89. The molecular formula is C25H34FN3O8S2. The standard InChI is InChI=1S/C25H34FN3O8S2/c1-27-38(31,32)21-5-3-4-20(12-21)36-17-19(30)15-28-18-14-25(37-16-18)8-10-29(11-9-25)39(33,34)22-6-7-24(35-2)23(26)13-22/h3-7,12-13,18-19,27-28,30H,8-11,14-17H2,1-2H3/t18?,19-/m0/s1. The number of hydrogen-bond acceptors (Lipinski definition) is 9. The Morgan fingerprint density at radius 2 is 1.90 bits per heavy atom. The first-order chi connectivity index (χ1) is 18.5. The molecule has 2 saturated heterocycles. The fourth-order valence-corrected chi connectivity index (χ4v) is 7.04. The van der Waals surface area contributed by atoms with E-state index in [2.05, 4.69) is 10.0 Å². The van der Waals surface area contributed by atoms with Crippen LogP contribution in [0.2, 0.25) is 0 Å². The van der Waals surface area contributed by atoms with Crippen LogP contribution in [0, 0.1) is 5.82 Å². The second-order valence-electron chi connectivity index (χ2n) is 9.65. The van der Waals surface area contributed by atoms with Crippen LogP contribution in [0.15, 0.2) is 52.3 Å². The predicted molar refractivity (Wildman–Crippen MR) is 140 cm³/mol. The van der Waals surface area contributed by atoms with E-state index in [4.69, 9.17) is 14.2 Å². The minimum absolute atomic E-state index is 0.0182.